The summed E-state index contributed by atoms with van der Waals surface area (Å²) in [5, 5.41) is 12.4. The van der Waals surface area contributed by atoms with E-state index in [-0.39, 0.29) is 11.6 Å². The van der Waals surface area contributed by atoms with Crippen LogP contribution in [0.25, 0.3) is 0 Å². The quantitative estimate of drug-likeness (QED) is 0.812. The highest BCUT2D eigenvalue weighted by Crippen LogP contribution is 2.21. The Balaban J connectivity index is 3.09. The molecule has 4 heteroatoms. The van der Waals surface area contributed by atoms with E-state index in [1.165, 1.54) is 6.07 Å². The summed E-state index contributed by atoms with van der Waals surface area (Å²) < 4.78 is 0. The second kappa shape index (κ2) is 4.33. The molecule has 76 valence electrons. The summed E-state index contributed by atoms with van der Waals surface area (Å²) in [6.45, 7) is 3.87. The van der Waals surface area contributed by atoms with Gasteiger partial charge in [-0.15, -0.1) is 0 Å². The molecule has 0 amide bonds. The summed E-state index contributed by atoms with van der Waals surface area (Å²) in [5.41, 5.74) is 0.795. The monoisotopic (exact) mass is 213 g/mol. The predicted octanol–water partition coefficient (Wildman–Crippen LogP) is 2.86. The van der Waals surface area contributed by atoms with Crippen LogP contribution in [-0.4, -0.2) is 17.1 Å². The van der Waals surface area contributed by atoms with Crippen LogP contribution in [0, 0.1) is 0 Å². The van der Waals surface area contributed by atoms with Gasteiger partial charge >= 0.3 is 5.97 Å². The lowest BCUT2D eigenvalue weighted by molar-refractivity contribution is 0.0698. The van der Waals surface area contributed by atoms with Gasteiger partial charge < -0.3 is 10.4 Å². The Morgan fingerprint density at radius 1 is 1.50 bits per heavy atom. The lowest BCUT2D eigenvalue weighted by atomic mass is 10.1. The minimum Gasteiger partial charge on any atom is -0.478 e. The van der Waals surface area contributed by atoms with E-state index in [0.717, 1.165) is 0 Å². The van der Waals surface area contributed by atoms with Crippen molar-refractivity contribution in [2.45, 2.75) is 19.9 Å². The third-order valence-electron chi connectivity index (χ3n) is 1.66. The van der Waals surface area contributed by atoms with Gasteiger partial charge in [0.25, 0.3) is 0 Å². The van der Waals surface area contributed by atoms with Crippen molar-refractivity contribution < 1.29 is 9.90 Å². The molecular weight excluding hydrogens is 202 g/mol. The van der Waals surface area contributed by atoms with Gasteiger partial charge in [0.2, 0.25) is 0 Å². The van der Waals surface area contributed by atoms with Crippen molar-refractivity contribution in [3.8, 4) is 0 Å². The number of anilines is 1. The molecule has 0 aromatic heterocycles. The number of halogens is 1. The van der Waals surface area contributed by atoms with Crippen LogP contribution in [0.15, 0.2) is 18.2 Å². The summed E-state index contributed by atoms with van der Waals surface area (Å²) in [6, 6.07) is 4.85. The molecule has 0 heterocycles. The number of rotatable bonds is 3. The SMILES string of the molecule is CC(C)Nc1cc(Cl)ccc1C(=O)O. The minimum atomic E-state index is -0.954. The average Bonchev–Trinajstić information content (AvgIpc) is 2.01. The van der Waals surface area contributed by atoms with Crippen LogP contribution in [0.5, 0.6) is 0 Å². The van der Waals surface area contributed by atoms with Crippen LogP contribution in [-0.2, 0) is 0 Å². The Morgan fingerprint density at radius 2 is 2.14 bits per heavy atom. The molecule has 0 fully saturated rings. The molecule has 1 aromatic carbocycles. The first-order valence-corrected chi connectivity index (χ1v) is 4.68. The first-order chi connectivity index (χ1) is 6.50. The smallest absolute Gasteiger partial charge is 0.337 e. The summed E-state index contributed by atoms with van der Waals surface area (Å²) in [4.78, 5) is 10.8. The third kappa shape index (κ3) is 2.64. The number of benzene rings is 1. The van der Waals surface area contributed by atoms with E-state index in [4.69, 9.17) is 16.7 Å². The van der Waals surface area contributed by atoms with E-state index in [0.29, 0.717) is 10.7 Å². The van der Waals surface area contributed by atoms with Crippen molar-refractivity contribution >= 4 is 23.3 Å². The second-order valence-corrected chi connectivity index (χ2v) is 3.73. The van der Waals surface area contributed by atoms with Gasteiger partial charge in [0.05, 0.1) is 11.3 Å². The number of carboxylic acid groups (broad SMARTS) is 1. The van der Waals surface area contributed by atoms with Crippen molar-refractivity contribution in [3.05, 3.63) is 28.8 Å². The highest BCUT2D eigenvalue weighted by Gasteiger charge is 2.10. The summed E-state index contributed by atoms with van der Waals surface area (Å²) in [7, 11) is 0. The Labute approximate surface area is 87.7 Å². The van der Waals surface area contributed by atoms with E-state index in [9.17, 15) is 4.79 Å². The van der Waals surface area contributed by atoms with Gasteiger partial charge in [0.15, 0.2) is 0 Å². The highest BCUT2D eigenvalue weighted by atomic mass is 35.5. The standard InChI is InChI=1S/C10H12ClNO2/c1-6(2)12-9-5-7(11)3-4-8(9)10(13)14/h3-6,12H,1-2H3,(H,13,14). The van der Waals surface area contributed by atoms with Crippen molar-refractivity contribution in [2.75, 3.05) is 5.32 Å². The fourth-order valence-corrected chi connectivity index (χ4v) is 1.31. The molecule has 1 aromatic rings. The Morgan fingerprint density at radius 3 is 2.64 bits per heavy atom. The van der Waals surface area contributed by atoms with Gasteiger partial charge in [-0.05, 0) is 32.0 Å². The fourth-order valence-electron chi connectivity index (χ4n) is 1.13. The van der Waals surface area contributed by atoms with E-state index in [1.807, 2.05) is 13.8 Å². The average molecular weight is 214 g/mol. The number of carboxylic acids is 1. The molecule has 14 heavy (non-hydrogen) atoms. The van der Waals surface area contributed by atoms with Crippen molar-refractivity contribution in [1.29, 1.82) is 0 Å². The van der Waals surface area contributed by atoms with E-state index < -0.39 is 5.97 Å². The van der Waals surface area contributed by atoms with Gasteiger partial charge in [0.1, 0.15) is 0 Å². The van der Waals surface area contributed by atoms with Crippen LogP contribution < -0.4 is 5.32 Å². The third-order valence-corrected chi connectivity index (χ3v) is 1.89. The van der Waals surface area contributed by atoms with E-state index in [2.05, 4.69) is 5.32 Å². The molecule has 0 aliphatic rings. The zero-order chi connectivity index (χ0) is 10.7. The molecule has 0 atom stereocenters. The molecule has 0 radical (unpaired) electrons. The van der Waals surface area contributed by atoms with E-state index in [1.54, 1.807) is 12.1 Å². The Hall–Kier alpha value is -1.22. The van der Waals surface area contributed by atoms with Crippen molar-refractivity contribution in [2.24, 2.45) is 0 Å². The maximum Gasteiger partial charge on any atom is 0.337 e. The lowest BCUT2D eigenvalue weighted by Gasteiger charge is -2.12. The number of carbonyl (C=O) groups is 1. The topological polar surface area (TPSA) is 49.3 Å². The predicted molar refractivity (Wildman–Crippen MR) is 57.2 cm³/mol. The number of aromatic carboxylic acids is 1. The normalized spacial score (nSPS) is 10.3. The highest BCUT2D eigenvalue weighted by molar-refractivity contribution is 6.31. The number of hydrogen-bond donors (Lipinski definition) is 2. The van der Waals surface area contributed by atoms with Crippen LogP contribution in [0.2, 0.25) is 5.02 Å². The molecule has 0 aliphatic carbocycles. The molecule has 0 unspecified atom stereocenters. The first-order valence-electron chi connectivity index (χ1n) is 4.30. The van der Waals surface area contributed by atoms with Crippen LogP contribution in [0.4, 0.5) is 5.69 Å². The number of hydrogen-bond acceptors (Lipinski definition) is 2. The molecular formula is C10H12ClNO2. The molecule has 3 nitrogen and oxygen atoms in total. The van der Waals surface area contributed by atoms with Crippen LogP contribution >= 0.6 is 11.6 Å². The van der Waals surface area contributed by atoms with Crippen molar-refractivity contribution in [3.63, 3.8) is 0 Å². The lowest BCUT2D eigenvalue weighted by Crippen LogP contribution is -2.13. The maximum absolute atomic E-state index is 10.8. The van der Waals surface area contributed by atoms with Crippen molar-refractivity contribution in [1.82, 2.24) is 0 Å². The molecule has 0 saturated heterocycles. The van der Waals surface area contributed by atoms with E-state index >= 15 is 0 Å². The molecule has 0 spiro atoms. The maximum atomic E-state index is 10.8. The molecule has 0 bridgehead atoms. The Bertz CT molecular complexity index is 350. The first kappa shape index (κ1) is 10.9. The number of nitrogens with one attached hydrogen (secondary N) is 1. The van der Waals surface area contributed by atoms with Crippen LogP contribution in [0.3, 0.4) is 0 Å². The van der Waals surface area contributed by atoms with Gasteiger partial charge in [-0.25, -0.2) is 4.79 Å². The van der Waals surface area contributed by atoms with Crippen LogP contribution in [0.1, 0.15) is 24.2 Å². The van der Waals surface area contributed by atoms with Gasteiger partial charge in [0, 0.05) is 11.1 Å². The largest absolute Gasteiger partial charge is 0.478 e. The zero-order valence-electron chi connectivity index (χ0n) is 8.04. The molecule has 0 saturated carbocycles. The minimum absolute atomic E-state index is 0.173. The van der Waals surface area contributed by atoms with Gasteiger partial charge in [-0.2, -0.15) is 0 Å². The van der Waals surface area contributed by atoms with Gasteiger partial charge in [-0.1, -0.05) is 11.6 Å². The Kier molecular flexibility index (Phi) is 3.36. The molecule has 2 N–H and O–H groups in total. The molecule has 0 aliphatic heterocycles. The second-order valence-electron chi connectivity index (χ2n) is 3.29. The summed E-state index contributed by atoms with van der Waals surface area (Å²) in [5.74, 6) is -0.954. The zero-order valence-corrected chi connectivity index (χ0v) is 8.80. The summed E-state index contributed by atoms with van der Waals surface area (Å²) >= 11 is 5.77. The molecule has 1 rings (SSSR count). The van der Waals surface area contributed by atoms with Gasteiger partial charge in [-0.3, -0.25) is 0 Å². The summed E-state index contributed by atoms with van der Waals surface area (Å²) in [6.07, 6.45) is 0. The fraction of sp³-hybridized carbons (Fsp3) is 0.300.